The zero-order valence-corrected chi connectivity index (χ0v) is 11.6. The predicted octanol–water partition coefficient (Wildman–Crippen LogP) is 4.00. The third-order valence-corrected chi connectivity index (χ3v) is 4.05. The molecule has 3 aromatic carbocycles. The van der Waals surface area contributed by atoms with Crippen molar-refractivity contribution in [2.24, 2.45) is 0 Å². The molecule has 2 heteroatoms. The van der Waals surface area contributed by atoms with Gasteiger partial charge in [0.15, 0.2) is 0 Å². The summed E-state index contributed by atoms with van der Waals surface area (Å²) in [5, 5.41) is 2.14. The van der Waals surface area contributed by atoms with Crippen molar-refractivity contribution < 1.29 is 4.79 Å². The van der Waals surface area contributed by atoms with Gasteiger partial charge in [0.2, 0.25) is 0 Å². The summed E-state index contributed by atoms with van der Waals surface area (Å²) in [6.45, 7) is 1.38. The van der Waals surface area contributed by atoms with E-state index in [-0.39, 0.29) is 5.91 Å². The fourth-order valence-electron chi connectivity index (χ4n) is 3.05. The molecule has 0 spiro atoms. The Balaban J connectivity index is 1.74. The molecule has 4 rings (SSSR count). The van der Waals surface area contributed by atoms with Gasteiger partial charge in [0, 0.05) is 18.7 Å². The van der Waals surface area contributed by atoms with E-state index in [0.29, 0.717) is 13.1 Å². The zero-order valence-electron chi connectivity index (χ0n) is 11.6. The van der Waals surface area contributed by atoms with E-state index in [1.165, 1.54) is 11.1 Å². The molecule has 3 aromatic rings. The number of hydrogen-bond acceptors (Lipinski definition) is 1. The van der Waals surface area contributed by atoms with Crippen molar-refractivity contribution in [3.8, 4) is 0 Å². The van der Waals surface area contributed by atoms with Crippen LogP contribution < -0.4 is 0 Å². The van der Waals surface area contributed by atoms with Crippen LogP contribution in [0, 0.1) is 0 Å². The highest BCUT2D eigenvalue weighted by molar-refractivity contribution is 6.07. The Morgan fingerprint density at radius 1 is 0.810 bits per heavy atom. The van der Waals surface area contributed by atoms with E-state index in [4.69, 9.17) is 0 Å². The van der Waals surface area contributed by atoms with E-state index in [0.717, 1.165) is 16.3 Å². The molecular weight excluding hydrogens is 258 g/mol. The number of fused-ring (bicyclic) bond motifs is 3. The molecule has 2 nitrogen and oxygen atoms in total. The minimum absolute atomic E-state index is 0.110. The van der Waals surface area contributed by atoms with Crippen molar-refractivity contribution in [3.05, 3.63) is 83.4 Å². The van der Waals surface area contributed by atoms with Gasteiger partial charge in [-0.15, -0.1) is 0 Å². The highest BCUT2D eigenvalue weighted by Gasteiger charge is 2.21. The summed E-state index contributed by atoms with van der Waals surface area (Å²) in [6.07, 6.45) is 0. The molecule has 1 aliphatic rings. The van der Waals surface area contributed by atoms with Crippen molar-refractivity contribution in [2.45, 2.75) is 13.1 Å². The lowest BCUT2D eigenvalue weighted by Crippen LogP contribution is -2.32. The van der Waals surface area contributed by atoms with Gasteiger partial charge in [0.05, 0.1) is 0 Å². The molecule has 0 radical (unpaired) electrons. The number of amides is 1. The molecule has 1 heterocycles. The average Bonchev–Trinajstić information content (AvgIpc) is 2.53. The standard InChI is InChI=1S/C19H15NO/c21-19(20-12-14-5-3-6-15(11-14)13-20)18-10-4-8-16-7-1-2-9-17(16)18/h1-11H,12-13H2. The van der Waals surface area contributed by atoms with Gasteiger partial charge in [0.25, 0.3) is 5.91 Å². The van der Waals surface area contributed by atoms with E-state index in [9.17, 15) is 4.79 Å². The molecule has 0 saturated heterocycles. The Morgan fingerprint density at radius 2 is 1.48 bits per heavy atom. The smallest absolute Gasteiger partial charge is 0.255 e. The summed E-state index contributed by atoms with van der Waals surface area (Å²) in [5.41, 5.74) is 3.19. The first-order chi connectivity index (χ1) is 10.3. The van der Waals surface area contributed by atoms with Crippen LogP contribution in [0.25, 0.3) is 10.8 Å². The highest BCUT2D eigenvalue weighted by atomic mass is 16.2. The molecule has 21 heavy (non-hydrogen) atoms. The Labute approximate surface area is 123 Å². The number of carbonyl (C=O) groups excluding carboxylic acids is 1. The van der Waals surface area contributed by atoms with Crippen molar-refractivity contribution in [1.29, 1.82) is 0 Å². The molecule has 102 valence electrons. The Kier molecular flexibility index (Phi) is 2.74. The topological polar surface area (TPSA) is 20.3 Å². The second-order valence-corrected chi connectivity index (χ2v) is 5.51. The maximum Gasteiger partial charge on any atom is 0.255 e. The molecule has 0 saturated carbocycles. The SMILES string of the molecule is O=C(c1cccc2ccccc12)N1Cc2cccc(c2)C1. The third kappa shape index (κ3) is 2.09. The molecule has 1 amide bonds. The summed E-state index contributed by atoms with van der Waals surface area (Å²) in [5.74, 6) is 0.110. The van der Waals surface area contributed by atoms with Gasteiger partial charge >= 0.3 is 0 Å². The van der Waals surface area contributed by atoms with Crippen molar-refractivity contribution >= 4 is 16.7 Å². The highest BCUT2D eigenvalue weighted by Crippen LogP contribution is 2.24. The first-order valence-corrected chi connectivity index (χ1v) is 7.16. The van der Waals surface area contributed by atoms with Crippen LogP contribution >= 0.6 is 0 Å². The van der Waals surface area contributed by atoms with Crippen LogP contribution in [0.5, 0.6) is 0 Å². The van der Waals surface area contributed by atoms with Gasteiger partial charge in [-0.3, -0.25) is 4.79 Å². The van der Waals surface area contributed by atoms with Crippen molar-refractivity contribution in [1.82, 2.24) is 4.90 Å². The minimum Gasteiger partial charge on any atom is -0.330 e. The van der Waals surface area contributed by atoms with Crippen molar-refractivity contribution in [3.63, 3.8) is 0 Å². The van der Waals surface area contributed by atoms with Gasteiger partial charge in [-0.2, -0.15) is 0 Å². The number of benzene rings is 3. The van der Waals surface area contributed by atoms with Crippen molar-refractivity contribution in [2.75, 3.05) is 0 Å². The van der Waals surface area contributed by atoms with Crippen LogP contribution in [0.15, 0.2) is 66.7 Å². The summed E-state index contributed by atoms with van der Waals surface area (Å²) >= 11 is 0. The summed E-state index contributed by atoms with van der Waals surface area (Å²) in [4.78, 5) is 14.8. The summed E-state index contributed by atoms with van der Waals surface area (Å²) in [7, 11) is 0. The lowest BCUT2D eigenvalue weighted by Gasteiger charge is -2.27. The Bertz CT molecular complexity index is 811. The number of carbonyl (C=O) groups is 1. The average molecular weight is 273 g/mol. The first-order valence-electron chi connectivity index (χ1n) is 7.16. The maximum atomic E-state index is 12.9. The fraction of sp³-hybridized carbons (Fsp3) is 0.105. The Hall–Kier alpha value is -2.61. The van der Waals surface area contributed by atoms with E-state index in [1.807, 2.05) is 47.4 Å². The number of hydrogen-bond donors (Lipinski definition) is 0. The van der Waals surface area contributed by atoms with Crippen LogP contribution in [0.3, 0.4) is 0 Å². The van der Waals surface area contributed by atoms with E-state index < -0.39 is 0 Å². The van der Waals surface area contributed by atoms with Gasteiger partial charge in [-0.25, -0.2) is 0 Å². The number of nitrogens with zero attached hydrogens (tertiary/aromatic N) is 1. The maximum absolute atomic E-state index is 12.9. The fourth-order valence-corrected chi connectivity index (χ4v) is 3.05. The van der Waals surface area contributed by atoms with Gasteiger partial charge in [0.1, 0.15) is 0 Å². The summed E-state index contributed by atoms with van der Waals surface area (Å²) < 4.78 is 0. The molecule has 0 aromatic heterocycles. The molecule has 0 N–H and O–H groups in total. The predicted molar refractivity (Wildman–Crippen MR) is 84.0 cm³/mol. The number of rotatable bonds is 1. The van der Waals surface area contributed by atoms with Crippen LogP contribution in [0.1, 0.15) is 21.5 Å². The molecular formula is C19H15NO. The van der Waals surface area contributed by atoms with Crippen LogP contribution in [0.4, 0.5) is 0 Å². The lowest BCUT2D eigenvalue weighted by molar-refractivity contribution is 0.0725. The molecule has 0 aliphatic carbocycles. The monoisotopic (exact) mass is 273 g/mol. The van der Waals surface area contributed by atoms with Crippen LogP contribution in [-0.4, -0.2) is 10.8 Å². The van der Waals surface area contributed by atoms with Gasteiger partial charge < -0.3 is 4.90 Å². The molecule has 0 atom stereocenters. The van der Waals surface area contributed by atoms with Crippen LogP contribution in [-0.2, 0) is 13.1 Å². The van der Waals surface area contributed by atoms with Gasteiger partial charge in [-0.05, 0) is 28.0 Å². The lowest BCUT2D eigenvalue weighted by atomic mass is 10.0. The first kappa shape index (κ1) is 12.2. The van der Waals surface area contributed by atoms with Crippen LogP contribution in [0.2, 0.25) is 0 Å². The van der Waals surface area contributed by atoms with E-state index in [2.05, 4.69) is 24.3 Å². The normalized spacial score (nSPS) is 13.4. The van der Waals surface area contributed by atoms with Gasteiger partial charge in [-0.1, -0.05) is 60.7 Å². The van der Waals surface area contributed by atoms with E-state index >= 15 is 0 Å². The molecule has 0 fully saturated rings. The van der Waals surface area contributed by atoms with E-state index in [1.54, 1.807) is 0 Å². The minimum atomic E-state index is 0.110. The Morgan fingerprint density at radius 3 is 2.29 bits per heavy atom. The molecule has 1 aliphatic heterocycles. The third-order valence-electron chi connectivity index (χ3n) is 4.05. The molecule has 2 bridgehead atoms. The quantitative estimate of drug-likeness (QED) is 0.656. The largest absolute Gasteiger partial charge is 0.330 e. The molecule has 0 unspecified atom stereocenters. The second kappa shape index (κ2) is 4.74. The second-order valence-electron chi connectivity index (χ2n) is 5.51. The summed E-state index contributed by atoms with van der Waals surface area (Å²) in [6, 6.07) is 22.4. The zero-order chi connectivity index (χ0) is 14.2.